The normalized spacial score (nSPS) is 14.3. The molecule has 1 aliphatic rings. The molecule has 2 aromatic rings. The van der Waals surface area contributed by atoms with E-state index in [1.807, 2.05) is 19.1 Å². The topological polar surface area (TPSA) is 111 Å². The lowest BCUT2D eigenvalue weighted by Crippen LogP contribution is -2.36. The molecule has 2 aromatic carbocycles. The molecule has 0 bridgehead atoms. The van der Waals surface area contributed by atoms with Gasteiger partial charge in [0, 0.05) is 5.69 Å². The minimum Gasteiger partial charge on any atom is -0.493 e. The first kappa shape index (κ1) is 26.1. The van der Waals surface area contributed by atoms with Crippen LogP contribution in [-0.2, 0) is 19.1 Å². The first-order valence-electron chi connectivity index (χ1n) is 10.5. The number of thioether (sulfide) groups is 1. The van der Waals surface area contributed by atoms with E-state index in [1.54, 1.807) is 25.1 Å². The van der Waals surface area contributed by atoms with E-state index in [9.17, 15) is 19.2 Å². The number of hydrogen-bond donors (Lipinski definition) is 1. The summed E-state index contributed by atoms with van der Waals surface area (Å²) in [6.45, 7) is 3.05. The van der Waals surface area contributed by atoms with E-state index in [-0.39, 0.29) is 34.6 Å². The zero-order valence-electron chi connectivity index (χ0n) is 19.3. The van der Waals surface area contributed by atoms with Crippen LogP contribution in [0.5, 0.6) is 11.5 Å². The van der Waals surface area contributed by atoms with Crippen LogP contribution in [0.25, 0.3) is 6.08 Å². The Morgan fingerprint density at radius 1 is 1.17 bits per heavy atom. The summed E-state index contributed by atoms with van der Waals surface area (Å²) in [5.41, 5.74) is 2.06. The highest BCUT2D eigenvalue weighted by molar-refractivity contribution is 8.18. The number of nitrogens with one attached hydrogen (secondary N) is 1. The number of ether oxygens (including phenoxy) is 3. The third-order valence-corrected chi connectivity index (χ3v) is 5.89. The van der Waals surface area contributed by atoms with Gasteiger partial charge in [-0.2, -0.15) is 0 Å². The number of benzene rings is 2. The summed E-state index contributed by atoms with van der Waals surface area (Å²) in [5.74, 6) is -1.29. The molecule has 0 spiro atoms. The molecule has 0 aliphatic carbocycles. The van der Waals surface area contributed by atoms with E-state index in [0.717, 1.165) is 10.5 Å². The Balaban J connectivity index is 1.72. The molecule has 35 heavy (non-hydrogen) atoms. The molecule has 0 aromatic heterocycles. The van der Waals surface area contributed by atoms with Gasteiger partial charge in [0.2, 0.25) is 5.91 Å². The van der Waals surface area contributed by atoms with E-state index in [0.29, 0.717) is 23.0 Å². The summed E-state index contributed by atoms with van der Waals surface area (Å²) in [6.07, 6.45) is 1.46. The van der Waals surface area contributed by atoms with Gasteiger partial charge < -0.3 is 19.5 Å². The molecule has 0 atom stereocenters. The molecule has 0 saturated carbocycles. The Kier molecular flexibility index (Phi) is 8.78. The number of carbonyl (C=O) groups excluding carboxylic acids is 4. The van der Waals surface area contributed by atoms with Crippen molar-refractivity contribution in [1.82, 2.24) is 4.90 Å². The largest absolute Gasteiger partial charge is 0.493 e. The molecular formula is C24H23ClN2O7S. The Labute approximate surface area is 211 Å². The number of aryl methyl sites for hydroxylation is 1. The molecule has 1 N–H and O–H groups in total. The van der Waals surface area contributed by atoms with Crippen LogP contribution >= 0.6 is 23.4 Å². The number of hydrogen-bond acceptors (Lipinski definition) is 8. The third-order valence-electron chi connectivity index (χ3n) is 4.70. The quantitative estimate of drug-likeness (QED) is 0.387. The van der Waals surface area contributed by atoms with Crippen LogP contribution in [0.3, 0.4) is 0 Å². The summed E-state index contributed by atoms with van der Waals surface area (Å²) < 4.78 is 15.5. The highest BCUT2D eigenvalue weighted by atomic mass is 35.5. The Hall–Kier alpha value is -3.50. The molecule has 184 valence electrons. The van der Waals surface area contributed by atoms with Gasteiger partial charge in [0.05, 0.1) is 23.6 Å². The van der Waals surface area contributed by atoms with Gasteiger partial charge in [-0.3, -0.25) is 19.3 Å². The van der Waals surface area contributed by atoms with Gasteiger partial charge in [0.1, 0.15) is 6.54 Å². The van der Waals surface area contributed by atoms with Crippen molar-refractivity contribution in [3.63, 3.8) is 0 Å². The minimum atomic E-state index is -0.600. The molecule has 0 unspecified atom stereocenters. The lowest BCUT2D eigenvalue weighted by atomic mass is 10.1. The predicted molar refractivity (Wildman–Crippen MR) is 133 cm³/mol. The summed E-state index contributed by atoms with van der Waals surface area (Å²) in [4.78, 5) is 50.1. The molecule has 1 aliphatic heterocycles. The van der Waals surface area contributed by atoms with E-state index in [2.05, 4.69) is 5.32 Å². The first-order chi connectivity index (χ1) is 16.7. The van der Waals surface area contributed by atoms with E-state index >= 15 is 0 Å². The van der Waals surface area contributed by atoms with Crippen LogP contribution in [0.2, 0.25) is 5.02 Å². The zero-order valence-corrected chi connectivity index (χ0v) is 20.8. The van der Waals surface area contributed by atoms with Crippen molar-refractivity contribution in [2.75, 3.05) is 32.2 Å². The third kappa shape index (κ3) is 6.77. The number of nitrogens with zero attached hydrogens (tertiary/aromatic N) is 1. The second-order valence-corrected chi connectivity index (χ2v) is 8.71. The zero-order chi connectivity index (χ0) is 25.5. The van der Waals surface area contributed by atoms with Gasteiger partial charge in [0.15, 0.2) is 18.1 Å². The lowest BCUT2D eigenvalue weighted by Gasteiger charge is -2.13. The van der Waals surface area contributed by atoms with Gasteiger partial charge in [0.25, 0.3) is 11.1 Å². The Bertz CT molecular complexity index is 1180. The molecule has 3 rings (SSSR count). The fourth-order valence-corrected chi connectivity index (χ4v) is 4.18. The number of methoxy groups -OCH3 is 1. The summed E-state index contributed by atoms with van der Waals surface area (Å²) in [5, 5.41) is 2.24. The fraction of sp³-hybridized carbons (Fsp3) is 0.250. The Morgan fingerprint density at radius 3 is 2.54 bits per heavy atom. The van der Waals surface area contributed by atoms with E-state index in [4.69, 9.17) is 25.8 Å². The fourth-order valence-electron chi connectivity index (χ4n) is 3.07. The minimum absolute atomic E-state index is 0.122. The van der Waals surface area contributed by atoms with Crippen molar-refractivity contribution >= 4 is 58.1 Å². The van der Waals surface area contributed by atoms with Crippen molar-refractivity contribution < 1.29 is 33.4 Å². The second kappa shape index (κ2) is 11.8. The smallest absolute Gasteiger partial charge is 0.344 e. The maximum absolute atomic E-state index is 12.8. The second-order valence-electron chi connectivity index (χ2n) is 7.31. The summed E-state index contributed by atoms with van der Waals surface area (Å²) in [6, 6.07) is 10.2. The number of anilines is 1. The molecule has 11 heteroatoms. The van der Waals surface area contributed by atoms with Crippen LogP contribution in [0.1, 0.15) is 18.1 Å². The number of amides is 3. The monoisotopic (exact) mass is 518 g/mol. The number of rotatable bonds is 9. The number of carbonyl (C=O) groups is 4. The van der Waals surface area contributed by atoms with Crippen molar-refractivity contribution in [3.8, 4) is 11.5 Å². The molecule has 1 heterocycles. The van der Waals surface area contributed by atoms with Crippen molar-refractivity contribution in [2.45, 2.75) is 13.8 Å². The van der Waals surface area contributed by atoms with Crippen LogP contribution in [-0.4, -0.2) is 54.8 Å². The van der Waals surface area contributed by atoms with Crippen LogP contribution in [0.15, 0.2) is 41.3 Å². The van der Waals surface area contributed by atoms with Gasteiger partial charge in [-0.1, -0.05) is 29.3 Å². The van der Waals surface area contributed by atoms with E-state index < -0.39 is 29.6 Å². The summed E-state index contributed by atoms with van der Waals surface area (Å²) >= 11 is 7.01. The van der Waals surface area contributed by atoms with Crippen LogP contribution in [0, 0.1) is 6.92 Å². The average molecular weight is 519 g/mol. The van der Waals surface area contributed by atoms with Crippen molar-refractivity contribution in [1.29, 1.82) is 0 Å². The maximum Gasteiger partial charge on any atom is 0.344 e. The first-order valence-corrected chi connectivity index (χ1v) is 11.7. The SMILES string of the molecule is CCOC(=O)COc1c(Cl)cc(/C=C2/SC(=O)N(CC(=O)Nc3ccc(C)cc3)C2=O)cc1OC. The number of imide groups is 1. The van der Waals surface area contributed by atoms with Crippen molar-refractivity contribution in [2.24, 2.45) is 0 Å². The predicted octanol–water partition coefficient (Wildman–Crippen LogP) is 4.27. The number of halogens is 1. The molecule has 1 saturated heterocycles. The average Bonchev–Trinajstić information content (AvgIpc) is 3.07. The van der Waals surface area contributed by atoms with Gasteiger partial charge in [-0.25, -0.2) is 4.79 Å². The molecular weight excluding hydrogens is 496 g/mol. The highest BCUT2D eigenvalue weighted by Gasteiger charge is 2.36. The van der Waals surface area contributed by atoms with Crippen LogP contribution in [0.4, 0.5) is 10.5 Å². The van der Waals surface area contributed by atoms with Crippen LogP contribution < -0.4 is 14.8 Å². The van der Waals surface area contributed by atoms with Gasteiger partial charge in [-0.15, -0.1) is 0 Å². The molecule has 3 amide bonds. The maximum atomic E-state index is 12.8. The van der Waals surface area contributed by atoms with Crippen molar-refractivity contribution in [3.05, 3.63) is 57.5 Å². The lowest BCUT2D eigenvalue weighted by molar-refractivity contribution is -0.145. The summed E-state index contributed by atoms with van der Waals surface area (Å²) in [7, 11) is 1.40. The number of esters is 1. The Morgan fingerprint density at radius 2 is 1.89 bits per heavy atom. The highest BCUT2D eigenvalue weighted by Crippen LogP contribution is 2.39. The molecule has 9 nitrogen and oxygen atoms in total. The molecule has 0 radical (unpaired) electrons. The van der Waals surface area contributed by atoms with Gasteiger partial charge in [-0.05, 0) is 61.5 Å². The van der Waals surface area contributed by atoms with E-state index in [1.165, 1.54) is 19.3 Å². The van der Waals surface area contributed by atoms with Gasteiger partial charge >= 0.3 is 5.97 Å². The molecule has 1 fully saturated rings. The standard InChI is InChI=1S/C24H23ClN2O7S/c1-4-33-21(29)13-34-22-17(25)9-15(10-18(22)32-3)11-19-23(30)27(24(31)35-19)12-20(28)26-16-7-5-14(2)6-8-16/h5-11H,4,12-13H2,1-3H3,(H,26,28)/b19-11+.